The van der Waals surface area contributed by atoms with Crippen LogP contribution in [0.5, 0.6) is 0 Å². The van der Waals surface area contributed by atoms with Gasteiger partial charge in [-0.2, -0.15) is 0 Å². The van der Waals surface area contributed by atoms with Crippen LogP contribution in [-0.4, -0.2) is 12.1 Å². The van der Waals surface area contributed by atoms with Gasteiger partial charge in [0.2, 0.25) is 0 Å². The molecule has 0 heterocycles. The van der Waals surface area contributed by atoms with Crippen molar-refractivity contribution in [2.45, 2.75) is 32.4 Å². The Morgan fingerprint density at radius 2 is 1.88 bits per heavy atom. The fourth-order valence-corrected chi connectivity index (χ4v) is 1.31. The quantitative estimate of drug-likeness (QED) is 0.692. The largest absolute Gasteiger partial charge is 1.00 e. The van der Waals surface area contributed by atoms with E-state index in [2.05, 4.69) is 0 Å². The summed E-state index contributed by atoms with van der Waals surface area (Å²) in [6.07, 6.45) is 0.142. The van der Waals surface area contributed by atoms with Crippen LogP contribution in [0.3, 0.4) is 0 Å². The molecule has 2 N–H and O–H groups in total. The van der Waals surface area contributed by atoms with E-state index in [1.165, 1.54) is 0 Å². The Balaban J connectivity index is 0.00000225. The molecule has 0 saturated heterocycles. The number of esters is 1. The molecule has 1 aromatic carbocycles. The van der Waals surface area contributed by atoms with Crippen molar-refractivity contribution in [3.8, 4) is 0 Å². The highest BCUT2D eigenvalue weighted by molar-refractivity contribution is 5.70. The smallest absolute Gasteiger partial charge is 0.307 e. The summed E-state index contributed by atoms with van der Waals surface area (Å²) in [5.41, 5.74) is 6.83. The van der Waals surface area contributed by atoms with Crippen molar-refractivity contribution in [2.24, 2.45) is 5.73 Å². The average molecular weight is 243 g/mol. The van der Waals surface area contributed by atoms with Crippen LogP contribution in [-0.2, 0) is 9.53 Å². The number of ether oxygens (including phenoxy) is 1. The molecule has 0 fully saturated rings. The minimum atomic E-state index is -0.280. The fraction of sp³-hybridized carbons (Fsp3) is 0.417. The van der Waals surface area contributed by atoms with Crippen molar-refractivity contribution in [2.75, 3.05) is 0 Å². The molecule has 16 heavy (non-hydrogen) atoms. The molecule has 1 unspecified atom stereocenters. The second kappa shape index (κ2) is 7.25. The molecule has 0 saturated carbocycles. The minimum Gasteiger partial charge on any atom is -1.00 e. The van der Waals surface area contributed by atoms with Gasteiger partial charge >= 0.3 is 5.97 Å². The number of carbonyl (C=O) groups is 1. The molecule has 0 spiro atoms. The summed E-state index contributed by atoms with van der Waals surface area (Å²) in [6.45, 7) is 3.65. The van der Waals surface area contributed by atoms with Gasteiger partial charge in [0.25, 0.3) is 0 Å². The van der Waals surface area contributed by atoms with E-state index in [9.17, 15) is 4.79 Å². The van der Waals surface area contributed by atoms with E-state index in [-0.39, 0.29) is 36.9 Å². The number of rotatable bonds is 4. The lowest BCUT2D eigenvalue weighted by atomic mass is 10.1. The molecule has 3 nitrogen and oxygen atoms in total. The molecule has 0 amide bonds. The molecule has 4 heteroatoms. The summed E-state index contributed by atoms with van der Waals surface area (Å²) in [5, 5.41) is 0. The summed E-state index contributed by atoms with van der Waals surface area (Å²) in [5.74, 6) is -0.249. The van der Waals surface area contributed by atoms with Crippen molar-refractivity contribution in [3.63, 3.8) is 0 Å². The van der Waals surface area contributed by atoms with Gasteiger partial charge in [0.05, 0.1) is 12.5 Å². The summed E-state index contributed by atoms with van der Waals surface area (Å²) in [7, 11) is 0. The van der Waals surface area contributed by atoms with Gasteiger partial charge in [0.1, 0.15) is 0 Å². The fourth-order valence-electron chi connectivity index (χ4n) is 1.31. The molecule has 1 aromatic rings. The molecule has 0 aromatic heterocycles. The first-order chi connectivity index (χ1) is 7.09. The van der Waals surface area contributed by atoms with Crippen molar-refractivity contribution in [1.82, 2.24) is 0 Å². The molecule has 1 rings (SSSR count). The highest BCUT2D eigenvalue weighted by Gasteiger charge is 2.13. The number of nitrogens with two attached hydrogens (primary N) is 1. The van der Waals surface area contributed by atoms with Crippen LogP contribution in [0.25, 0.3) is 0 Å². The van der Waals surface area contributed by atoms with E-state index < -0.39 is 0 Å². The third kappa shape index (κ3) is 5.14. The molecule has 0 bridgehead atoms. The van der Waals surface area contributed by atoms with E-state index in [4.69, 9.17) is 10.5 Å². The predicted molar refractivity (Wildman–Crippen MR) is 59.2 cm³/mol. The number of carbonyl (C=O) groups excluding carboxylic acids is 1. The Bertz CT molecular complexity index is 314. The number of benzene rings is 1. The predicted octanol–water partition coefficient (Wildman–Crippen LogP) is -0.968. The number of halogens is 1. The monoisotopic (exact) mass is 242 g/mol. The molecule has 1 atom stereocenters. The first-order valence-electron chi connectivity index (χ1n) is 5.09. The van der Waals surface area contributed by atoms with Crippen LogP contribution in [0.15, 0.2) is 30.3 Å². The second-order valence-corrected chi connectivity index (χ2v) is 3.76. The van der Waals surface area contributed by atoms with Gasteiger partial charge in [-0.15, -0.1) is 0 Å². The second-order valence-electron chi connectivity index (χ2n) is 3.76. The molecule has 0 radical (unpaired) electrons. The lowest BCUT2D eigenvalue weighted by Gasteiger charge is -2.13. The van der Waals surface area contributed by atoms with Crippen molar-refractivity contribution < 1.29 is 21.9 Å². The summed E-state index contributed by atoms with van der Waals surface area (Å²) in [6, 6.07) is 9.27. The summed E-state index contributed by atoms with van der Waals surface area (Å²) in [4.78, 5) is 11.3. The molecule has 90 valence electrons. The average Bonchev–Trinajstić information content (AvgIpc) is 2.17. The van der Waals surface area contributed by atoms with E-state index in [1.807, 2.05) is 44.2 Å². The molecular weight excluding hydrogens is 226 g/mol. The Morgan fingerprint density at radius 3 is 2.38 bits per heavy atom. The Morgan fingerprint density at radius 1 is 1.31 bits per heavy atom. The van der Waals surface area contributed by atoms with E-state index in [0.717, 1.165) is 5.56 Å². The van der Waals surface area contributed by atoms with Crippen LogP contribution in [0.2, 0.25) is 0 Å². The van der Waals surface area contributed by atoms with E-state index in [0.29, 0.717) is 0 Å². The van der Waals surface area contributed by atoms with Gasteiger partial charge in [-0.25, -0.2) is 0 Å². The third-order valence-corrected chi connectivity index (χ3v) is 1.98. The van der Waals surface area contributed by atoms with Gasteiger partial charge in [-0.1, -0.05) is 30.3 Å². The van der Waals surface area contributed by atoms with E-state index in [1.54, 1.807) is 0 Å². The van der Waals surface area contributed by atoms with Gasteiger partial charge in [-0.05, 0) is 19.4 Å². The molecule has 0 aliphatic carbocycles. The topological polar surface area (TPSA) is 52.3 Å². The minimum absolute atomic E-state index is 0. The van der Waals surface area contributed by atoms with Crippen LogP contribution in [0, 0.1) is 0 Å². The standard InChI is InChI=1S/C12H17NO2.ClH/c1-9(2)15-12(14)8-11(13)10-6-4-3-5-7-10;/h3-7,9,11H,8,13H2,1-2H3;1H/p-1. The maximum Gasteiger partial charge on any atom is 0.307 e. The molecule has 0 aliphatic heterocycles. The van der Waals surface area contributed by atoms with Gasteiger partial charge < -0.3 is 22.9 Å². The first-order valence-corrected chi connectivity index (χ1v) is 5.09. The summed E-state index contributed by atoms with van der Waals surface area (Å²) < 4.78 is 5.02. The number of hydrogen-bond donors (Lipinski definition) is 1. The van der Waals surface area contributed by atoms with Gasteiger partial charge in [0, 0.05) is 6.04 Å². The van der Waals surface area contributed by atoms with Crippen LogP contribution >= 0.6 is 0 Å². The summed E-state index contributed by atoms with van der Waals surface area (Å²) >= 11 is 0. The van der Waals surface area contributed by atoms with Crippen molar-refractivity contribution in [1.29, 1.82) is 0 Å². The lowest BCUT2D eigenvalue weighted by Crippen LogP contribution is -3.00. The highest BCUT2D eigenvalue weighted by Crippen LogP contribution is 2.14. The van der Waals surface area contributed by atoms with Crippen LogP contribution < -0.4 is 18.1 Å². The van der Waals surface area contributed by atoms with Crippen molar-refractivity contribution in [3.05, 3.63) is 35.9 Å². The van der Waals surface area contributed by atoms with Gasteiger partial charge in [0.15, 0.2) is 0 Å². The van der Waals surface area contributed by atoms with Crippen LogP contribution in [0.4, 0.5) is 0 Å². The Hall–Kier alpha value is -1.06. The Labute approximate surface area is 102 Å². The van der Waals surface area contributed by atoms with E-state index >= 15 is 0 Å². The maximum atomic E-state index is 11.3. The maximum absolute atomic E-state index is 11.3. The highest BCUT2D eigenvalue weighted by atomic mass is 35.5. The SMILES string of the molecule is CC(C)OC(=O)CC(N)c1ccccc1.[Cl-]. The zero-order valence-electron chi connectivity index (χ0n) is 9.52. The molecular formula is C12H17ClNO2-. The molecule has 0 aliphatic rings. The first kappa shape index (κ1) is 14.9. The lowest BCUT2D eigenvalue weighted by molar-refractivity contribution is -0.147. The van der Waals surface area contributed by atoms with Crippen LogP contribution in [0.1, 0.15) is 31.9 Å². The third-order valence-electron chi connectivity index (χ3n) is 1.98. The number of hydrogen-bond acceptors (Lipinski definition) is 3. The van der Waals surface area contributed by atoms with Gasteiger partial charge in [-0.3, -0.25) is 4.79 Å². The normalized spacial score (nSPS) is 11.8. The van der Waals surface area contributed by atoms with Crippen molar-refractivity contribution >= 4 is 5.97 Å². The Kier molecular flexibility index (Phi) is 6.77. The zero-order chi connectivity index (χ0) is 11.3. The zero-order valence-corrected chi connectivity index (χ0v) is 10.3.